The molecule has 0 fully saturated rings. The lowest BCUT2D eigenvalue weighted by Crippen LogP contribution is -2.30. The molecule has 6 heteroatoms. The molecule has 2 aromatic rings. The van der Waals surface area contributed by atoms with Crippen LogP contribution < -0.4 is 5.32 Å². The normalized spacial score (nSPS) is 13.1. The van der Waals surface area contributed by atoms with Gasteiger partial charge in [0.1, 0.15) is 12.7 Å². The Morgan fingerprint density at radius 2 is 1.76 bits per heavy atom. The maximum Gasteiger partial charge on any atom is 0.407 e. The summed E-state index contributed by atoms with van der Waals surface area (Å²) < 4.78 is 5.09. The van der Waals surface area contributed by atoms with Crippen LogP contribution in [0.5, 0.6) is 0 Å². The van der Waals surface area contributed by atoms with Crippen LogP contribution in [-0.2, 0) is 16.7 Å². The van der Waals surface area contributed by atoms with Gasteiger partial charge in [0, 0.05) is 11.9 Å². The fourth-order valence-electron chi connectivity index (χ4n) is 2.41. The molecule has 3 N–H and O–H groups in total. The number of halogens is 1. The quantitative estimate of drug-likeness (QED) is 0.586. The van der Waals surface area contributed by atoms with Gasteiger partial charge in [0.05, 0.1) is 6.10 Å². The highest BCUT2D eigenvalue weighted by Gasteiger charge is 2.20. The largest absolute Gasteiger partial charge is 0.445 e. The standard InChI is InChI=1S/C19H22BrNO4/c20-12-15-8-4-5-9-16(15)18(23)17(22)10-11-21-19(24)25-13-14-6-2-1-3-7-14/h1-9,17-18,22-23H,10-13H2,(H,21,24). The zero-order chi connectivity index (χ0) is 18.1. The van der Waals surface area contributed by atoms with Crippen molar-refractivity contribution >= 4 is 22.0 Å². The Bertz CT molecular complexity index is 665. The van der Waals surface area contributed by atoms with Gasteiger partial charge in [-0.2, -0.15) is 0 Å². The van der Waals surface area contributed by atoms with E-state index in [4.69, 9.17) is 4.74 Å². The van der Waals surface area contributed by atoms with Crippen LogP contribution in [0.4, 0.5) is 4.79 Å². The summed E-state index contributed by atoms with van der Waals surface area (Å²) in [5, 5.41) is 23.6. The minimum absolute atomic E-state index is 0.191. The van der Waals surface area contributed by atoms with Crippen molar-refractivity contribution in [2.75, 3.05) is 6.54 Å². The lowest BCUT2D eigenvalue weighted by atomic mass is 9.98. The first-order valence-electron chi connectivity index (χ1n) is 8.06. The van der Waals surface area contributed by atoms with E-state index in [1.807, 2.05) is 48.5 Å². The van der Waals surface area contributed by atoms with E-state index in [0.717, 1.165) is 11.1 Å². The maximum atomic E-state index is 11.7. The fourth-order valence-corrected chi connectivity index (χ4v) is 2.92. The van der Waals surface area contributed by atoms with E-state index in [9.17, 15) is 15.0 Å². The third-order valence-electron chi connectivity index (χ3n) is 3.80. The number of ether oxygens (including phenoxy) is 1. The summed E-state index contributed by atoms with van der Waals surface area (Å²) in [7, 11) is 0. The van der Waals surface area contributed by atoms with Crippen LogP contribution in [0.25, 0.3) is 0 Å². The molecule has 25 heavy (non-hydrogen) atoms. The molecule has 0 aromatic heterocycles. The van der Waals surface area contributed by atoms with Gasteiger partial charge in [-0.1, -0.05) is 70.5 Å². The number of rotatable bonds is 8. The van der Waals surface area contributed by atoms with Crippen molar-refractivity contribution in [3.63, 3.8) is 0 Å². The SMILES string of the molecule is O=C(NCCC(O)C(O)c1ccccc1CBr)OCc1ccccc1. The van der Waals surface area contributed by atoms with Crippen molar-refractivity contribution in [2.24, 2.45) is 0 Å². The zero-order valence-electron chi connectivity index (χ0n) is 13.8. The average molecular weight is 408 g/mol. The molecule has 0 bridgehead atoms. The molecule has 0 aliphatic rings. The number of amides is 1. The van der Waals surface area contributed by atoms with E-state index in [1.165, 1.54) is 0 Å². The lowest BCUT2D eigenvalue weighted by molar-refractivity contribution is 0.0132. The summed E-state index contributed by atoms with van der Waals surface area (Å²) in [6.07, 6.45) is -2.31. The summed E-state index contributed by atoms with van der Waals surface area (Å²) in [5.41, 5.74) is 2.50. The topological polar surface area (TPSA) is 78.8 Å². The van der Waals surface area contributed by atoms with Crippen LogP contribution in [0.3, 0.4) is 0 Å². The van der Waals surface area contributed by atoms with Crippen LogP contribution in [0.1, 0.15) is 29.2 Å². The molecular formula is C19H22BrNO4. The fraction of sp³-hybridized carbons (Fsp3) is 0.316. The van der Waals surface area contributed by atoms with Gasteiger partial charge in [-0.3, -0.25) is 0 Å². The molecule has 2 atom stereocenters. The predicted molar refractivity (Wildman–Crippen MR) is 99.3 cm³/mol. The molecule has 0 heterocycles. The number of alkyl halides is 1. The first kappa shape index (κ1) is 19.4. The van der Waals surface area contributed by atoms with Crippen molar-refractivity contribution in [3.05, 3.63) is 71.3 Å². The molecule has 0 spiro atoms. The van der Waals surface area contributed by atoms with Gasteiger partial charge >= 0.3 is 6.09 Å². The van der Waals surface area contributed by atoms with Crippen molar-refractivity contribution in [2.45, 2.75) is 30.6 Å². The molecule has 0 aliphatic heterocycles. The molecule has 0 aliphatic carbocycles. The molecule has 1 amide bonds. The molecule has 2 rings (SSSR count). The van der Waals surface area contributed by atoms with E-state index in [2.05, 4.69) is 21.2 Å². The number of nitrogens with one attached hydrogen (secondary N) is 1. The second-order valence-electron chi connectivity index (χ2n) is 5.62. The zero-order valence-corrected chi connectivity index (χ0v) is 15.4. The highest BCUT2D eigenvalue weighted by Crippen LogP contribution is 2.24. The van der Waals surface area contributed by atoms with Gasteiger partial charge in [0.15, 0.2) is 0 Å². The Morgan fingerprint density at radius 1 is 1.08 bits per heavy atom. The van der Waals surface area contributed by atoms with Gasteiger partial charge in [-0.25, -0.2) is 4.79 Å². The van der Waals surface area contributed by atoms with E-state index in [-0.39, 0.29) is 19.6 Å². The summed E-state index contributed by atoms with van der Waals surface area (Å²) in [4.78, 5) is 11.7. The summed E-state index contributed by atoms with van der Waals surface area (Å²) in [6, 6.07) is 16.7. The van der Waals surface area contributed by atoms with Crippen LogP contribution >= 0.6 is 15.9 Å². The Kier molecular flexibility index (Phi) is 7.91. The monoisotopic (exact) mass is 407 g/mol. The van der Waals surface area contributed by atoms with E-state index >= 15 is 0 Å². The van der Waals surface area contributed by atoms with Gasteiger partial charge in [-0.05, 0) is 23.1 Å². The van der Waals surface area contributed by atoms with E-state index in [0.29, 0.717) is 10.9 Å². The number of benzene rings is 2. The highest BCUT2D eigenvalue weighted by atomic mass is 79.9. The molecule has 0 radical (unpaired) electrons. The molecule has 0 saturated carbocycles. The number of alkyl carbamates (subject to hydrolysis) is 1. The van der Waals surface area contributed by atoms with Crippen LogP contribution in [-0.4, -0.2) is 29.0 Å². The summed E-state index contributed by atoms with van der Waals surface area (Å²) in [6.45, 7) is 0.402. The minimum Gasteiger partial charge on any atom is -0.445 e. The van der Waals surface area contributed by atoms with Crippen molar-refractivity contribution < 1.29 is 19.7 Å². The van der Waals surface area contributed by atoms with Crippen molar-refractivity contribution in [1.82, 2.24) is 5.32 Å². The van der Waals surface area contributed by atoms with Crippen molar-refractivity contribution in [3.8, 4) is 0 Å². The molecule has 134 valence electrons. The molecule has 5 nitrogen and oxygen atoms in total. The highest BCUT2D eigenvalue weighted by molar-refractivity contribution is 9.08. The number of hydrogen-bond acceptors (Lipinski definition) is 4. The Labute approximate surface area is 155 Å². The number of aliphatic hydroxyl groups is 2. The van der Waals surface area contributed by atoms with Gasteiger partial charge in [-0.15, -0.1) is 0 Å². The third-order valence-corrected chi connectivity index (χ3v) is 4.41. The third kappa shape index (κ3) is 6.16. The lowest BCUT2D eigenvalue weighted by Gasteiger charge is -2.20. The second kappa shape index (κ2) is 10.2. The Hall–Kier alpha value is -1.89. The predicted octanol–water partition coefficient (Wildman–Crippen LogP) is 3.29. The van der Waals surface area contributed by atoms with Crippen LogP contribution in [0.2, 0.25) is 0 Å². The molecular weight excluding hydrogens is 386 g/mol. The maximum absolute atomic E-state index is 11.7. The van der Waals surface area contributed by atoms with Crippen LogP contribution in [0.15, 0.2) is 54.6 Å². The summed E-state index contributed by atoms with van der Waals surface area (Å²) in [5.74, 6) is 0. The van der Waals surface area contributed by atoms with Gasteiger partial charge < -0.3 is 20.3 Å². The first-order chi connectivity index (χ1) is 12.1. The Balaban J connectivity index is 1.74. The summed E-state index contributed by atoms with van der Waals surface area (Å²) >= 11 is 3.37. The van der Waals surface area contributed by atoms with Gasteiger partial charge in [0.25, 0.3) is 0 Å². The second-order valence-corrected chi connectivity index (χ2v) is 6.18. The minimum atomic E-state index is -1.00. The first-order valence-corrected chi connectivity index (χ1v) is 9.18. The van der Waals surface area contributed by atoms with E-state index < -0.39 is 18.3 Å². The average Bonchev–Trinajstić information content (AvgIpc) is 2.66. The number of carbonyl (C=O) groups is 1. The molecule has 2 aromatic carbocycles. The number of hydrogen-bond donors (Lipinski definition) is 3. The molecule has 2 unspecified atom stereocenters. The Morgan fingerprint density at radius 3 is 2.48 bits per heavy atom. The van der Waals surface area contributed by atoms with Crippen molar-refractivity contribution in [1.29, 1.82) is 0 Å². The number of aliphatic hydroxyl groups excluding tert-OH is 2. The van der Waals surface area contributed by atoms with Gasteiger partial charge in [0.2, 0.25) is 0 Å². The molecule has 0 saturated heterocycles. The van der Waals surface area contributed by atoms with Crippen LogP contribution in [0, 0.1) is 0 Å². The number of carbonyl (C=O) groups excluding carboxylic acids is 1. The van der Waals surface area contributed by atoms with E-state index in [1.54, 1.807) is 6.07 Å². The smallest absolute Gasteiger partial charge is 0.407 e.